The number of β-lactam (4-membered cyclic amide) rings is 1. The number of aromatic hydroxyl groups is 1. The van der Waals surface area contributed by atoms with Gasteiger partial charge in [0.05, 0.1) is 5.92 Å². The second kappa shape index (κ2) is 6.22. The maximum Gasteiger partial charge on any atom is 0.230 e. The molecule has 1 saturated heterocycles. The summed E-state index contributed by atoms with van der Waals surface area (Å²) < 4.78 is 5.10. The number of carbonyl (C=O) groups excluding carboxylic acids is 1. The lowest BCUT2D eigenvalue weighted by Crippen LogP contribution is -2.62. The van der Waals surface area contributed by atoms with Gasteiger partial charge in [-0.15, -0.1) is 0 Å². The number of likely N-dealkylation sites (tertiary alicyclic amines) is 1. The molecule has 1 aliphatic heterocycles. The summed E-state index contributed by atoms with van der Waals surface area (Å²) in [6.07, 6.45) is 3.10. The lowest BCUT2D eigenvalue weighted by Gasteiger charge is -2.47. The minimum atomic E-state index is -0.0538. The first kappa shape index (κ1) is 14.8. The maximum absolute atomic E-state index is 12.2. The van der Waals surface area contributed by atoms with Crippen LogP contribution in [0.1, 0.15) is 26.0 Å². The van der Waals surface area contributed by atoms with Crippen molar-refractivity contribution in [3.05, 3.63) is 24.0 Å². The molecule has 1 aromatic heterocycles. The third-order valence-electron chi connectivity index (χ3n) is 3.68. The highest BCUT2D eigenvalue weighted by molar-refractivity contribution is 5.86. The number of methoxy groups -OCH3 is 1. The van der Waals surface area contributed by atoms with Crippen LogP contribution in [0.25, 0.3) is 0 Å². The molecular weight excluding hydrogens is 256 g/mol. The van der Waals surface area contributed by atoms with Crippen LogP contribution < -0.4 is 0 Å². The van der Waals surface area contributed by atoms with E-state index in [1.54, 1.807) is 24.3 Å². The van der Waals surface area contributed by atoms with Gasteiger partial charge < -0.3 is 14.7 Å². The topological polar surface area (TPSA) is 62.7 Å². The van der Waals surface area contributed by atoms with Crippen molar-refractivity contribution in [3.63, 3.8) is 0 Å². The second-order valence-corrected chi connectivity index (χ2v) is 5.74. The summed E-state index contributed by atoms with van der Waals surface area (Å²) in [5, 5.41) is 9.47. The van der Waals surface area contributed by atoms with E-state index in [1.165, 1.54) is 6.07 Å². The van der Waals surface area contributed by atoms with E-state index in [9.17, 15) is 9.90 Å². The normalized spacial score (nSPS) is 22.2. The molecule has 0 spiro atoms. The fraction of sp³-hybridized carbons (Fsp3) is 0.600. The molecule has 1 aromatic rings. The molecule has 5 nitrogen and oxygen atoms in total. The minimum Gasteiger partial charge on any atom is -0.508 e. The largest absolute Gasteiger partial charge is 0.508 e. The van der Waals surface area contributed by atoms with Gasteiger partial charge in [-0.2, -0.15) is 0 Å². The molecule has 20 heavy (non-hydrogen) atoms. The van der Waals surface area contributed by atoms with Gasteiger partial charge in [0, 0.05) is 37.5 Å². The molecule has 2 unspecified atom stereocenters. The summed E-state index contributed by atoms with van der Waals surface area (Å²) >= 11 is 0. The molecule has 1 N–H and O–H groups in total. The van der Waals surface area contributed by atoms with Gasteiger partial charge in [-0.25, -0.2) is 0 Å². The zero-order chi connectivity index (χ0) is 14.7. The number of pyridine rings is 1. The van der Waals surface area contributed by atoms with Crippen LogP contribution in [-0.2, 0) is 16.0 Å². The van der Waals surface area contributed by atoms with E-state index in [0.717, 1.165) is 12.1 Å². The van der Waals surface area contributed by atoms with Crippen molar-refractivity contribution >= 4 is 5.91 Å². The van der Waals surface area contributed by atoms with Crippen LogP contribution in [-0.4, -0.2) is 40.8 Å². The highest BCUT2D eigenvalue weighted by Crippen LogP contribution is 2.33. The standard InChI is InChI=1S/C15H22N2O3/c1-10(2)6-14-13(15(19)17(14)9-20-3)8-11-7-12(18)4-5-16-11/h4-5,7,10,13-14H,6,8-9H2,1-3H3,(H,16,18). The van der Waals surface area contributed by atoms with Crippen molar-refractivity contribution in [2.75, 3.05) is 13.8 Å². The van der Waals surface area contributed by atoms with Crippen LogP contribution in [0.15, 0.2) is 18.3 Å². The third-order valence-corrected chi connectivity index (χ3v) is 3.68. The van der Waals surface area contributed by atoms with Crippen molar-refractivity contribution in [3.8, 4) is 5.75 Å². The number of hydrogen-bond donors (Lipinski definition) is 1. The molecule has 0 saturated carbocycles. The van der Waals surface area contributed by atoms with Crippen LogP contribution in [0.2, 0.25) is 0 Å². The highest BCUT2D eigenvalue weighted by Gasteiger charge is 2.46. The fourth-order valence-electron chi connectivity index (χ4n) is 2.77. The Morgan fingerprint density at radius 3 is 2.85 bits per heavy atom. The second-order valence-electron chi connectivity index (χ2n) is 5.74. The van der Waals surface area contributed by atoms with Crippen molar-refractivity contribution in [2.24, 2.45) is 11.8 Å². The van der Waals surface area contributed by atoms with Crippen molar-refractivity contribution in [1.29, 1.82) is 0 Å². The maximum atomic E-state index is 12.2. The Labute approximate surface area is 119 Å². The zero-order valence-electron chi connectivity index (χ0n) is 12.2. The predicted octanol–water partition coefficient (Wildman–Crippen LogP) is 1.81. The van der Waals surface area contributed by atoms with Gasteiger partial charge in [0.1, 0.15) is 12.5 Å². The molecule has 0 aromatic carbocycles. The van der Waals surface area contributed by atoms with Gasteiger partial charge in [-0.3, -0.25) is 9.78 Å². The average molecular weight is 278 g/mol. The lowest BCUT2D eigenvalue weighted by atomic mass is 9.79. The smallest absolute Gasteiger partial charge is 0.230 e. The lowest BCUT2D eigenvalue weighted by molar-refractivity contribution is -0.166. The van der Waals surface area contributed by atoms with E-state index in [0.29, 0.717) is 19.1 Å². The molecular formula is C15H22N2O3. The Hall–Kier alpha value is -1.62. The van der Waals surface area contributed by atoms with Gasteiger partial charge in [0.2, 0.25) is 5.91 Å². The SMILES string of the molecule is COCN1C(=O)C(Cc2cc(O)ccn2)C1CC(C)C. The number of aromatic nitrogens is 1. The first-order valence-electron chi connectivity index (χ1n) is 6.96. The summed E-state index contributed by atoms with van der Waals surface area (Å²) in [5.41, 5.74) is 0.758. The van der Waals surface area contributed by atoms with Crippen molar-refractivity contribution < 1.29 is 14.6 Å². The zero-order valence-corrected chi connectivity index (χ0v) is 12.2. The Bertz CT molecular complexity index is 476. The Morgan fingerprint density at radius 1 is 1.50 bits per heavy atom. The minimum absolute atomic E-state index is 0.0538. The molecule has 1 fully saturated rings. The first-order chi connectivity index (χ1) is 9.52. The van der Waals surface area contributed by atoms with Gasteiger partial charge in [-0.05, 0) is 18.4 Å². The van der Waals surface area contributed by atoms with Gasteiger partial charge in [-0.1, -0.05) is 13.8 Å². The van der Waals surface area contributed by atoms with E-state index < -0.39 is 0 Å². The van der Waals surface area contributed by atoms with Crippen molar-refractivity contribution in [1.82, 2.24) is 9.88 Å². The van der Waals surface area contributed by atoms with E-state index >= 15 is 0 Å². The number of rotatable bonds is 6. The van der Waals surface area contributed by atoms with Gasteiger partial charge in [0.25, 0.3) is 0 Å². The number of nitrogens with zero attached hydrogens (tertiary/aromatic N) is 2. The van der Waals surface area contributed by atoms with Crippen LogP contribution >= 0.6 is 0 Å². The molecule has 0 radical (unpaired) electrons. The molecule has 5 heteroatoms. The molecule has 2 atom stereocenters. The third kappa shape index (κ3) is 3.10. The summed E-state index contributed by atoms with van der Waals surface area (Å²) in [7, 11) is 1.60. The average Bonchev–Trinajstić information content (AvgIpc) is 2.40. The van der Waals surface area contributed by atoms with Crippen LogP contribution in [0.4, 0.5) is 0 Å². The van der Waals surface area contributed by atoms with Crippen LogP contribution in [0.3, 0.4) is 0 Å². The van der Waals surface area contributed by atoms with E-state index in [1.807, 2.05) is 0 Å². The molecule has 1 aliphatic rings. The fourth-order valence-corrected chi connectivity index (χ4v) is 2.77. The quantitative estimate of drug-likeness (QED) is 0.806. The highest BCUT2D eigenvalue weighted by atomic mass is 16.5. The Kier molecular flexibility index (Phi) is 4.60. The van der Waals surface area contributed by atoms with Crippen LogP contribution in [0.5, 0.6) is 5.75 Å². The van der Waals surface area contributed by atoms with E-state index in [4.69, 9.17) is 4.74 Å². The van der Waals surface area contributed by atoms with E-state index in [-0.39, 0.29) is 23.6 Å². The molecule has 2 heterocycles. The molecule has 1 amide bonds. The summed E-state index contributed by atoms with van der Waals surface area (Å²) in [6.45, 7) is 4.65. The number of carbonyl (C=O) groups is 1. The number of hydrogen-bond acceptors (Lipinski definition) is 4. The van der Waals surface area contributed by atoms with Crippen molar-refractivity contribution in [2.45, 2.75) is 32.7 Å². The predicted molar refractivity (Wildman–Crippen MR) is 75.1 cm³/mol. The Balaban J connectivity index is 2.07. The molecule has 2 rings (SSSR count). The Morgan fingerprint density at radius 2 is 2.25 bits per heavy atom. The number of ether oxygens (including phenoxy) is 1. The molecule has 0 bridgehead atoms. The summed E-state index contributed by atoms with van der Waals surface area (Å²) in [5.74, 6) is 0.771. The van der Waals surface area contributed by atoms with Crippen LogP contribution in [0, 0.1) is 11.8 Å². The molecule has 110 valence electrons. The first-order valence-corrected chi connectivity index (χ1v) is 6.96. The monoisotopic (exact) mass is 278 g/mol. The van der Waals surface area contributed by atoms with Gasteiger partial charge >= 0.3 is 0 Å². The summed E-state index contributed by atoms with van der Waals surface area (Å²) in [6, 6.07) is 3.36. The summed E-state index contributed by atoms with van der Waals surface area (Å²) in [4.78, 5) is 18.2. The van der Waals surface area contributed by atoms with E-state index in [2.05, 4.69) is 18.8 Å². The molecule has 0 aliphatic carbocycles. The van der Waals surface area contributed by atoms with Gasteiger partial charge in [0.15, 0.2) is 0 Å². The number of amides is 1.